The number of hydrogen-bond donors (Lipinski definition) is 0. The molecule has 1 aromatic rings. The van der Waals surface area contributed by atoms with Crippen molar-refractivity contribution in [1.82, 2.24) is 9.88 Å². The summed E-state index contributed by atoms with van der Waals surface area (Å²) in [6.07, 6.45) is 4.11. The van der Waals surface area contributed by atoms with E-state index in [1.165, 1.54) is 6.42 Å². The second-order valence-corrected chi connectivity index (χ2v) is 5.09. The van der Waals surface area contributed by atoms with E-state index in [9.17, 15) is 4.79 Å². The quantitative estimate of drug-likeness (QED) is 0.745. The number of piperidine rings is 1. The Kier molecular flexibility index (Phi) is 3.46. The molecule has 1 saturated heterocycles. The number of carbonyl (C=O) groups excluding carboxylic acids is 1. The predicted octanol–water partition coefficient (Wildman–Crippen LogP) is 2.57. The monoisotopic (exact) mass is 232 g/mol. The maximum absolute atomic E-state index is 12.5. The van der Waals surface area contributed by atoms with Crippen LogP contribution in [0.2, 0.25) is 0 Å². The molecule has 17 heavy (non-hydrogen) atoms. The molecule has 2 heterocycles. The first-order valence-electron chi connectivity index (χ1n) is 6.31. The van der Waals surface area contributed by atoms with E-state index in [4.69, 9.17) is 0 Å². The first-order chi connectivity index (χ1) is 8.09. The number of likely N-dealkylation sites (tertiary alicyclic amines) is 1. The molecule has 0 aliphatic carbocycles. The lowest BCUT2D eigenvalue weighted by molar-refractivity contribution is 0.0681. The minimum Gasteiger partial charge on any atom is -0.338 e. The van der Waals surface area contributed by atoms with E-state index in [0.717, 1.165) is 36.3 Å². The summed E-state index contributed by atoms with van der Waals surface area (Å²) in [5, 5.41) is 0. The van der Waals surface area contributed by atoms with Crippen molar-refractivity contribution in [2.24, 2.45) is 5.92 Å². The van der Waals surface area contributed by atoms with Crippen molar-refractivity contribution >= 4 is 5.91 Å². The van der Waals surface area contributed by atoms with Gasteiger partial charge in [0.15, 0.2) is 0 Å². The summed E-state index contributed by atoms with van der Waals surface area (Å²) in [5.41, 5.74) is 2.66. The van der Waals surface area contributed by atoms with Crippen LogP contribution in [0.3, 0.4) is 0 Å². The lowest BCUT2D eigenvalue weighted by Gasteiger charge is -2.31. The molecule has 1 aliphatic rings. The van der Waals surface area contributed by atoms with Crippen LogP contribution in [-0.2, 0) is 0 Å². The number of pyridine rings is 1. The van der Waals surface area contributed by atoms with E-state index in [2.05, 4.69) is 11.9 Å². The number of aryl methyl sites for hydroxylation is 2. The Bertz CT molecular complexity index is 408. The van der Waals surface area contributed by atoms with Crippen LogP contribution in [0.1, 0.15) is 41.4 Å². The minimum atomic E-state index is 0.152. The van der Waals surface area contributed by atoms with Crippen LogP contribution in [0.15, 0.2) is 12.3 Å². The molecule has 1 unspecified atom stereocenters. The molecule has 1 aliphatic heterocycles. The van der Waals surface area contributed by atoms with E-state index in [1.807, 2.05) is 24.8 Å². The SMILES string of the molecule is Cc1ccnc(C)c1C(=O)N1CCCC(C)C1. The van der Waals surface area contributed by atoms with Gasteiger partial charge in [0.2, 0.25) is 0 Å². The van der Waals surface area contributed by atoms with Gasteiger partial charge in [0.25, 0.3) is 5.91 Å². The molecular weight excluding hydrogens is 212 g/mol. The fourth-order valence-electron chi connectivity index (χ4n) is 2.55. The number of rotatable bonds is 1. The molecule has 3 nitrogen and oxygen atoms in total. The fourth-order valence-corrected chi connectivity index (χ4v) is 2.55. The molecule has 1 atom stereocenters. The lowest BCUT2D eigenvalue weighted by atomic mass is 9.98. The maximum Gasteiger partial charge on any atom is 0.255 e. The Balaban J connectivity index is 2.24. The highest BCUT2D eigenvalue weighted by molar-refractivity contribution is 5.96. The third-order valence-corrected chi connectivity index (χ3v) is 3.51. The number of aromatic nitrogens is 1. The molecule has 92 valence electrons. The van der Waals surface area contributed by atoms with Crippen molar-refractivity contribution in [2.75, 3.05) is 13.1 Å². The normalized spacial score (nSPS) is 20.4. The van der Waals surface area contributed by atoms with Crippen LogP contribution in [-0.4, -0.2) is 28.9 Å². The summed E-state index contributed by atoms with van der Waals surface area (Å²) in [6.45, 7) is 7.87. The van der Waals surface area contributed by atoms with Gasteiger partial charge in [-0.15, -0.1) is 0 Å². The highest BCUT2D eigenvalue weighted by Gasteiger charge is 2.24. The average Bonchev–Trinajstić information content (AvgIpc) is 2.28. The lowest BCUT2D eigenvalue weighted by Crippen LogP contribution is -2.39. The van der Waals surface area contributed by atoms with Crippen molar-refractivity contribution < 1.29 is 4.79 Å². The van der Waals surface area contributed by atoms with Gasteiger partial charge in [-0.25, -0.2) is 0 Å². The molecule has 1 amide bonds. The molecule has 1 aromatic heterocycles. The minimum absolute atomic E-state index is 0.152. The molecule has 0 bridgehead atoms. The van der Waals surface area contributed by atoms with Crippen molar-refractivity contribution in [1.29, 1.82) is 0 Å². The summed E-state index contributed by atoms with van der Waals surface area (Å²) < 4.78 is 0. The first kappa shape index (κ1) is 12.1. The van der Waals surface area contributed by atoms with E-state index in [-0.39, 0.29) is 5.91 Å². The summed E-state index contributed by atoms with van der Waals surface area (Å²) in [5.74, 6) is 0.768. The molecule has 3 heteroatoms. The van der Waals surface area contributed by atoms with Crippen molar-refractivity contribution in [3.63, 3.8) is 0 Å². The van der Waals surface area contributed by atoms with E-state index in [0.29, 0.717) is 5.92 Å². The number of carbonyl (C=O) groups is 1. The van der Waals surface area contributed by atoms with Gasteiger partial charge in [0, 0.05) is 19.3 Å². The van der Waals surface area contributed by atoms with Gasteiger partial charge in [0.1, 0.15) is 0 Å². The van der Waals surface area contributed by atoms with Gasteiger partial charge in [-0.05, 0) is 44.2 Å². The predicted molar refractivity (Wildman–Crippen MR) is 68.0 cm³/mol. The first-order valence-corrected chi connectivity index (χ1v) is 6.31. The van der Waals surface area contributed by atoms with Crippen molar-refractivity contribution in [3.8, 4) is 0 Å². The average molecular weight is 232 g/mol. The molecule has 0 N–H and O–H groups in total. The smallest absolute Gasteiger partial charge is 0.255 e. The summed E-state index contributed by atoms with van der Waals surface area (Å²) in [7, 11) is 0. The molecule has 1 fully saturated rings. The molecule has 0 spiro atoms. The van der Waals surface area contributed by atoms with Gasteiger partial charge in [-0.3, -0.25) is 9.78 Å². The zero-order chi connectivity index (χ0) is 12.4. The van der Waals surface area contributed by atoms with Crippen LogP contribution in [0, 0.1) is 19.8 Å². The second kappa shape index (κ2) is 4.86. The number of amides is 1. The van der Waals surface area contributed by atoms with Crippen LogP contribution in [0.25, 0.3) is 0 Å². The topological polar surface area (TPSA) is 33.2 Å². The van der Waals surface area contributed by atoms with Gasteiger partial charge < -0.3 is 4.90 Å². The standard InChI is InChI=1S/C14H20N2O/c1-10-5-4-8-16(9-10)14(17)13-11(2)6-7-15-12(13)3/h6-7,10H,4-5,8-9H2,1-3H3. The Labute approximate surface area is 103 Å². The van der Waals surface area contributed by atoms with Gasteiger partial charge in [-0.2, -0.15) is 0 Å². The van der Waals surface area contributed by atoms with E-state index < -0.39 is 0 Å². The molecule has 0 saturated carbocycles. The zero-order valence-electron chi connectivity index (χ0n) is 10.9. The molecule has 2 rings (SSSR count). The summed E-state index contributed by atoms with van der Waals surface area (Å²) >= 11 is 0. The molecule has 0 aromatic carbocycles. The third kappa shape index (κ3) is 2.48. The van der Waals surface area contributed by atoms with Gasteiger partial charge in [-0.1, -0.05) is 6.92 Å². The maximum atomic E-state index is 12.5. The fraction of sp³-hybridized carbons (Fsp3) is 0.571. The second-order valence-electron chi connectivity index (χ2n) is 5.09. The Morgan fingerprint density at radius 2 is 2.24 bits per heavy atom. The van der Waals surface area contributed by atoms with Gasteiger partial charge in [0.05, 0.1) is 11.3 Å². The van der Waals surface area contributed by atoms with Crippen LogP contribution >= 0.6 is 0 Å². The van der Waals surface area contributed by atoms with Crippen molar-refractivity contribution in [2.45, 2.75) is 33.6 Å². The van der Waals surface area contributed by atoms with Gasteiger partial charge >= 0.3 is 0 Å². The number of nitrogens with zero attached hydrogens (tertiary/aromatic N) is 2. The van der Waals surface area contributed by atoms with Crippen LogP contribution in [0.5, 0.6) is 0 Å². The molecule has 0 radical (unpaired) electrons. The summed E-state index contributed by atoms with van der Waals surface area (Å²) in [4.78, 5) is 18.7. The van der Waals surface area contributed by atoms with Crippen molar-refractivity contribution in [3.05, 3.63) is 29.1 Å². The Morgan fingerprint density at radius 3 is 2.88 bits per heavy atom. The highest BCUT2D eigenvalue weighted by atomic mass is 16.2. The molecular formula is C14H20N2O. The van der Waals surface area contributed by atoms with E-state index in [1.54, 1.807) is 6.20 Å². The number of hydrogen-bond acceptors (Lipinski definition) is 2. The Hall–Kier alpha value is -1.38. The van der Waals surface area contributed by atoms with Crippen LogP contribution in [0.4, 0.5) is 0 Å². The summed E-state index contributed by atoms with van der Waals surface area (Å²) in [6, 6.07) is 1.91. The Morgan fingerprint density at radius 1 is 1.47 bits per heavy atom. The van der Waals surface area contributed by atoms with Crippen LogP contribution < -0.4 is 0 Å². The third-order valence-electron chi connectivity index (χ3n) is 3.51. The zero-order valence-corrected chi connectivity index (χ0v) is 10.9. The largest absolute Gasteiger partial charge is 0.338 e. The highest BCUT2D eigenvalue weighted by Crippen LogP contribution is 2.20. The van der Waals surface area contributed by atoms with E-state index >= 15 is 0 Å².